The average Bonchev–Trinajstić information content (AvgIpc) is 2.23. The minimum Gasteiger partial charge on any atom is -0.258 e. The Balaban J connectivity index is 2.05. The molecule has 1 aromatic rings. The van der Waals surface area contributed by atoms with Gasteiger partial charge in [0.1, 0.15) is 0 Å². The molecule has 0 spiro atoms. The van der Waals surface area contributed by atoms with E-state index in [1.165, 1.54) is 31.4 Å². The molecule has 0 amide bonds. The Morgan fingerprint density at radius 2 is 1.60 bits per heavy atom. The molecule has 0 unspecified atom stereocenters. The van der Waals surface area contributed by atoms with E-state index in [1.807, 2.05) is 18.2 Å². The Morgan fingerprint density at radius 3 is 2.20 bits per heavy atom. The summed E-state index contributed by atoms with van der Waals surface area (Å²) in [6, 6.07) is 10.3. The SMILES string of the molecule is CC1(C)CCC(=Nc2ccccc2)CC1. The summed E-state index contributed by atoms with van der Waals surface area (Å²) in [7, 11) is 0. The molecule has 0 saturated heterocycles. The summed E-state index contributed by atoms with van der Waals surface area (Å²) >= 11 is 0. The van der Waals surface area contributed by atoms with Gasteiger partial charge in [0.05, 0.1) is 5.69 Å². The molecule has 0 aliphatic heterocycles. The molecule has 0 atom stereocenters. The molecular weight excluding hydrogens is 182 g/mol. The van der Waals surface area contributed by atoms with E-state index in [9.17, 15) is 0 Å². The van der Waals surface area contributed by atoms with Crippen LogP contribution >= 0.6 is 0 Å². The van der Waals surface area contributed by atoms with Gasteiger partial charge in [0.15, 0.2) is 0 Å². The van der Waals surface area contributed by atoms with Crippen molar-refractivity contribution in [1.29, 1.82) is 0 Å². The van der Waals surface area contributed by atoms with Crippen molar-refractivity contribution in [2.75, 3.05) is 0 Å². The first-order valence-electron chi connectivity index (χ1n) is 5.77. The van der Waals surface area contributed by atoms with Crippen LogP contribution in [0.3, 0.4) is 0 Å². The Morgan fingerprint density at radius 1 is 1.00 bits per heavy atom. The number of hydrogen-bond donors (Lipinski definition) is 0. The first kappa shape index (κ1) is 10.4. The zero-order valence-electron chi connectivity index (χ0n) is 9.66. The fourth-order valence-corrected chi connectivity index (χ4v) is 2.01. The van der Waals surface area contributed by atoms with Gasteiger partial charge in [-0.2, -0.15) is 0 Å². The van der Waals surface area contributed by atoms with Gasteiger partial charge in [-0.25, -0.2) is 0 Å². The van der Waals surface area contributed by atoms with E-state index in [1.54, 1.807) is 0 Å². The summed E-state index contributed by atoms with van der Waals surface area (Å²) in [6.45, 7) is 4.71. The van der Waals surface area contributed by atoms with Gasteiger partial charge in [0.25, 0.3) is 0 Å². The molecule has 0 bridgehead atoms. The smallest absolute Gasteiger partial charge is 0.0629 e. The minimum absolute atomic E-state index is 0.524. The van der Waals surface area contributed by atoms with Crippen LogP contribution in [-0.2, 0) is 0 Å². The highest BCUT2D eigenvalue weighted by Crippen LogP contribution is 2.34. The number of para-hydroxylation sites is 1. The molecule has 1 aromatic carbocycles. The Hall–Kier alpha value is -1.11. The van der Waals surface area contributed by atoms with E-state index in [0.29, 0.717) is 5.41 Å². The van der Waals surface area contributed by atoms with Crippen molar-refractivity contribution in [3.05, 3.63) is 30.3 Å². The summed E-state index contributed by atoms with van der Waals surface area (Å²) in [5.41, 5.74) is 3.00. The van der Waals surface area contributed by atoms with Crippen LogP contribution in [0.1, 0.15) is 39.5 Å². The van der Waals surface area contributed by atoms with Crippen LogP contribution in [0.5, 0.6) is 0 Å². The normalized spacial score (nSPS) is 20.0. The van der Waals surface area contributed by atoms with Crippen LogP contribution in [-0.4, -0.2) is 5.71 Å². The second-order valence-electron chi connectivity index (χ2n) is 5.18. The number of rotatable bonds is 1. The largest absolute Gasteiger partial charge is 0.258 e. The summed E-state index contributed by atoms with van der Waals surface area (Å²) in [6.07, 6.45) is 4.89. The molecule has 0 radical (unpaired) electrons. The fourth-order valence-electron chi connectivity index (χ4n) is 2.01. The molecular formula is C14H19N. The number of aliphatic imine (C=N–C) groups is 1. The van der Waals surface area contributed by atoms with Crippen molar-refractivity contribution in [3.8, 4) is 0 Å². The van der Waals surface area contributed by atoms with Crippen LogP contribution in [0, 0.1) is 5.41 Å². The highest BCUT2D eigenvalue weighted by atomic mass is 14.7. The molecule has 1 saturated carbocycles. The third kappa shape index (κ3) is 2.92. The van der Waals surface area contributed by atoms with Crippen molar-refractivity contribution in [2.24, 2.45) is 10.4 Å². The highest BCUT2D eigenvalue weighted by Gasteiger charge is 2.23. The molecule has 80 valence electrons. The third-order valence-electron chi connectivity index (χ3n) is 3.22. The predicted octanol–water partition coefficient (Wildman–Crippen LogP) is 4.36. The van der Waals surface area contributed by atoms with Crippen molar-refractivity contribution >= 4 is 11.4 Å². The Bertz CT molecular complexity index is 337. The Kier molecular flexibility index (Phi) is 2.90. The van der Waals surface area contributed by atoms with Crippen molar-refractivity contribution < 1.29 is 0 Å². The maximum absolute atomic E-state index is 4.70. The standard InChI is InChI=1S/C14H19N/c1-14(2)10-8-13(9-11-14)15-12-6-4-3-5-7-12/h3-7H,8-11H2,1-2H3. The van der Waals surface area contributed by atoms with Gasteiger partial charge in [0, 0.05) is 5.71 Å². The first-order valence-corrected chi connectivity index (χ1v) is 5.77. The third-order valence-corrected chi connectivity index (χ3v) is 3.22. The number of hydrogen-bond acceptors (Lipinski definition) is 1. The topological polar surface area (TPSA) is 12.4 Å². The van der Waals surface area contributed by atoms with Gasteiger partial charge in [-0.15, -0.1) is 0 Å². The van der Waals surface area contributed by atoms with Gasteiger partial charge in [-0.3, -0.25) is 4.99 Å². The molecule has 2 rings (SSSR count). The molecule has 0 aromatic heterocycles. The van der Waals surface area contributed by atoms with Crippen molar-refractivity contribution in [3.63, 3.8) is 0 Å². The summed E-state index contributed by atoms with van der Waals surface area (Å²) in [5, 5.41) is 0. The number of benzene rings is 1. The van der Waals surface area contributed by atoms with E-state index in [0.717, 1.165) is 5.69 Å². The zero-order chi connectivity index (χ0) is 10.7. The van der Waals surface area contributed by atoms with Gasteiger partial charge in [-0.1, -0.05) is 32.0 Å². The fraction of sp³-hybridized carbons (Fsp3) is 0.500. The lowest BCUT2D eigenvalue weighted by molar-refractivity contribution is 0.301. The summed E-state index contributed by atoms with van der Waals surface area (Å²) in [5.74, 6) is 0. The lowest BCUT2D eigenvalue weighted by Gasteiger charge is -2.29. The molecule has 1 heteroatoms. The maximum Gasteiger partial charge on any atom is 0.0629 e. The van der Waals surface area contributed by atoms with Crippen LogP contribution in [0.15, 0.2) is 35.3 Å². The van der Waals surface area contributed by atoms with Gasteiger partial charge in [-0.05, 0) is 43.2 Å². The van der Waals surface area contributed by atoms with E-state index >= 15 is 0 Å². The molecule has 1 fully saturated rings. The second-order valence-corrected chi connectivity index (χ2v) is 5.18. The Labute approximate surface area is 92.2 Å². The molecule has 0 heterocycles. The van der Waals surface area contributed by atoms with Crippen LogP contribution in [0.4, 0.5) is 5.69 Å². The molecule has 0 N–H and O–H groups in total. The van der Waals surface area contributed by atoms with E-state index < -0.39 is 0 Å². The summed E-state index contributed by atoms with van der Waals surface area (Å²) < 4.78 is 0. The monoisotopic (exact) mass is 201 g/mol. The van der Waals surface area contributed by atoms with Crippen LogP contribution in [0.25, 0.3) is 0 Å². The van der Waals surface area contributed by atoms with Gasteiger partial charge >= 0.3 is 0 Å². The predicted molar refractivity (Wildman–Crippen MR) is 65.8 cm³/mol. The lowest BCUT2D eigenvalue weighted by atomic mass is 9.77. The van der Waals surface area contributed by atoms with E-state index in [2.05, 4.69) is 26.0 Å². The van der Waals surface area contributed by atoms with Crippen LogP contribution in [0.2, 0.25) is 0 Å². The molecule has 1 aliphatic carbocycles. The van der Waals surface area contributed by atoms with E-state index in [-0.39, 0.29) is 0 Å². The van der Waals surface area contributed by atoms with Gasteiger partial charge in [0.2, 0.25) is 0 Å². The van der Waals surface area contributed by atoms with Crippen LogP contribution < -0.4 is 0 Å². The first-order chi connectivity index (χ1) is 7.16. The van der Waals surface area contributed by atoms with Crippen molar-refractivity contribution in [2.45, 2.75) is 39.5 Å². The van der Waals surface area contributed by atoms with E-state index in [4.69, 9.17) is 4.99 Å². The molecule has 1 nitrogen and oxygen atoms in total. The second kappa shape index (κ2) is 4.18. The minimum atomic E-state index is 0.524. The molecule has 15 heavy (non-hydrogen) atoms. The molecule has 1 aliphatic rings. The zero-order valence-corrected chi connectivity index (χ0v) is 9.66. The average molecular weight is 201 g/mol. The highest BCUT2D eigenvalue weighted by molar-refractivity contribution is 5.87. The van der Waals surface area contributed by atoms with Crippen molar-refractivity contribution in [1.82, 2.24) is 0 Å². The summed E-state index contributed by atoms with van der Waals surface area (Å²) in [4.78, 5) is 4.70. The quantitative estimate of drug-likeness (QED) is 0.640. The van der Waals surface area contributed by atoms with Gasteiger partial charge < -0.3 is 0 Å². The lowest BCUT2D eigenvalue weighted by Crippen LogP contribution is -2.20. The number of nitrogens with zero attached hydrogens (tertiary/aromatic N) is 1. The maximum atomic E-state index is 4.70.